The lowest BCUT2D eigenvalue weighted by molar-refractivity contribution is 0.0999. The first-order valence-electron chi connectivity index (χ1n) is 4.54. The van der Waals surface area contributed by atoms with Gasteiger partial charge in [0.25, 0.3) is 0 Å². The molecule has 0 aromatic carbocycles. The van der Waals surface area contributed by atoms with Gasteiger partial charge in [-0.15, -0.1) is 0 Å². The van der Waals surface area contributed by atoms with Crippen LogP contribution in [0, 0.1) is 0 Å². The number of aromatic nitrogens is 1. The maximum absolute atomic E-state index is 11.2. The Kier molecular flexibility index (Phi) is 4.24. The lowest BCUT2D eigenvalue weighted by atomic mass is 10.2. The van der Waals surface area contributed by atoms with Gasteiger partial charge in [0.2, 0.25) is 5.91 Å². The van der Waals surface area contributed by atoms with Crippen LogP contribution in [0.25, 0.3) is 0 Å². The summed E-state index contributed by atoms with van der Waals surface area (Å²) < 4.78 is 0.487. The van der Waals surface area contributed by atoms with E-state index in [1.54, 1.807) is 6.92 Å². The molecule has 0 aliphatic rings. The van der Waals surface area contributed by atoms with Gasteiger partial charge in [0.15, 0.2) is 0 Å². The monoisotopic (exact) mass is 286 g/mol. The molecule has 6 nitrogen and oxygen atoms in total. The highest BCUT2D eigenvalue weighted by atomic mass is 79.9. The molecule has 0 aliphatic carbocycles. The molecular weight excluding hydrogens is 276 g/mol. The summed E-state index contributed by atoms with van der Waals surface area (Å²) in [4.78, 5) is 26.1. The SMILES string of the molecule is CCNC(=O)Nc1cc(C(N)=O)c(Br)cn1. The van der Waals surface area contributed by atoms with Crippen LogP contribution in [0.3, 0.4) is 0 Å². The summed E-state index contributed by atoms with van der Waals surface area (Å²) in [7, 11) is 0. The van der Waals surface area contributed by atoms with Crippen molar-refractivity contribution in [2.45, 2.75) is 6.92 Å². The number of rotatable bonds is 3. The molecule has 7 heteroatoms. The van der Waals surface area contributed by atoms with Crippen LogP contribution in [0.1, 0.15) is 17.3 Å². The minimum Gasteiger partial charge on any atom is -0.366 e. The van der Waals surface area contributed by atoms with E-state index in [0.717, 1.165) is 0 Å². The number of pyridine rings is 1. The number of primary amides is 1. The summed E-state index contributed by atoms with van der Waals surface area (Å²) in [5, 5.41) is 5.01. The van der Waals surface area contributed by atoms with E-state index in [2.05, 4.69) is 31.5 Å². The third-order valence-electron chi connectivity index (χ3n) is 1.70. The van der Waals surface area contributed by atoms with E-state index < -0.39 is 5.91 Å². The highest BCUT2D eigenvalue weighted by molar-refractivity contribution is 9.10. The smallest absolute Gasteiger partial charge is 0.320 e. The maximum Gasteiger partial charge on any atom is 0.320 e. The molecule has 0 spiro atoms. The first-order chi connectivity index (χ1) is 7.54. The Labute approximate surface area is 101 Å². The zero-order valence-corrected chi connectivity index (χ0v) is 10.2. The summed E-state index contributed by atoms with van der Waals surface area (Å²) in [5.41, 5.74) is 5.41. The van der Waals surface area contributed by atoms with Gasteiger partial charge in [0.1, 0.15) is 5.82 Å². The molecule has 0 bridgehead atoms. The number of hydrogen-bond donors (Lipinski definition) is 3. The predicted molar refractivity (Wildman–Crippen MR) is 63.2 cm³/mol. The Morgan fingerprint density at radius 1 is 1.56 bits per heavy atom. The van der Waals surface area contributed by atoms with Crippen LogP contribution in [-0.4, -0.2) is 23.5 Å². The van der Waals surface area contributed by atoms with E-state index in [0.29, 0.717) is 11.0 Å². The molecule has 3 amide bonds. The molecule has 0 aliphatic heterocycles. The maximum atomic E-state index is 11.2. The molecule has 0 saturated carbocycles. The molecule has 4 N–H and O–H groups in total. The summed E-state index contributed by atoms with van der Waals surface area (Å²) in [5.74, 6) is -0.323. The molecule has 1 aromatic heterocycles. The average Bonchev–Trinajstić information content (AvgIpc) is 2.21. The Hall–Kier alpha value is -1.63. The molecule has 0 saturated heterocycles. The van der Waals surface area contributed by atoms with Gasteiger partial charge in [-0.1, -0.05) is 0 Å². The summed E-state index contributed by atoms with van der Waals surface area (Å²) in [6.45, 7) is 2.30. The molecule has 0 atom stereocenters. The number of anilines is 1. The van der Waals surface area contributed by atoms with Crippen LogP contribution in [0.5, 0.6) is 0 Å². The fourth-order valence-corrected chi connectivity index (χ4v) is 1.43. The number of carbonyl (C=O) groups is 2. The summed E-state index contributed by atoms with van der Waals surface area (Å²) in [6.07, 6.45) is 1.40. The number of urea groups is 1. The van der Waals surface area contributed by atoms with E-state index in [1.807, 2.05) is 0 Å². The van der Waals surface area contributed by atoms with Gasteiger partial charge in [-0.3, -0.25) is 10.1 Å². The number of amides is 3. The van der Waals surface area contributed by atoms with E-state index in [-0.39, 0.29) is 17.4 Å². The van der Waals surface area contributed by atoms with Crippen molar-refractivity contribution in [2.75, 3.05) is 11.9 Å². The van der Waals surface area contributed by atoms with Gasteiger partial charge in [-0.25, -0.2) is 9.78 Å². The van der Waals surface area contributed by atoms with E-state index in [9.17, 15) is 9.59 Å². The summed E-state index contributed by atoms with van der Waals surface area (Å²) >= 11 is 3.14. The minimum atomic E-state index is -0.590. The van der Waals surface area contributed by atoms with Crippen LogP contribution in [0.4, 0.5) is 10.6 Å². The topological polar surface area (TPSA) is 97.1 Å². The van der Waals surface area contributed by atoms with Crippen molar-refractivity contribution in [1.29, 1.82) is 0 Å². The number of nitrogens with zero attached hydrogens (tertiary/aromatic N) is 1. The first-order valence-corrected chi connectivity index (χ1v) is 5.34. The molecule has 1 rings (SSSR count). The molecular formula is C9H11BrN4O2. The molecule has 0 radical (unpaired) electrons. The van der Waals surface area contributed by atoms with E-state index in [1.165, 1.54) is 12.3 Å². The Bertz CT molecular complexity index is 422. The Morgan fingerprint density at radius 3 is 2.81 bits per heavy atom. The Morgan fingerprint density at radius 2 is 2.25 bits per heavy atom. The van der Waals surface area contributed by atoms with Crippen LogP contribution >= 0.6 is 15.9 Å². The Balaban J connectivity index is 2.87. The van der Waals surface area contributed by atoms with Crippen molar-refractivity contribution in [3.8, 4) is 0 Å². The third-order valence-corrected chi connectivity index (χ3v) is 2.33. The number of hydrogen-bond acceptors (Lipinski definition) is 3. The van der Waals surface area contributed by atoms with Crippen molar-refractivity contribution < 1.29 is 9.59 Å². The van der Waals surface area contributed by atoms with Gasteiger partial charge >= 0.3 is 6.03 Å². The molecule has 86 valence electrons. The lowest BCUT2D eigenvalue weighted by Crippen LogP contribution is -2.28. The van der Waals surface area contributed by atoms with E-state index >= 15 is 0 Å². The van der Waals surface area contributed by atoms with Crippen molar-refractivity contribution in [3.63, 3.8) is 0 Å². The van der Waals surface area contributed by atoms with Crippen molar-refractivity contribution in [2.24, 2.45) is 5.73 Å². The highest BCUT2D eigenvalue weighted by Gasteiger charge is 2.09. The van der Waals surface area contributed by atoms with Crippen molar-refractivity contribution in [1.82, 2.24) is 10.3 Å². The fourth-order valence-electron chi connectivity index (χ4n) is 1.02. The average molecular weight is 287 g/mol. The molecule has 16 heavy (non-hydrogen) atoms. The van der Waals surface area contributed by atoms with Crippen LogP contribution in [-0.2, 0) is 0 Å². The highest BCUT2D eigenvalue weighted by Crippen LogP contribution is 2.17. The second kappa shape index (κ2) is 5.45. The molecule has 1 heterocycles. The minimum absolute atomic E-state index is 0.266. The zero-order chi connectivity index (χ0) is 12.1. The normalized spacial score (nSPS) is 9.62. The van der Waals surface area contributed by atoms with Crippen molar-refractivity contribution >= 4 is 33.7 Å². The van der Waals surface area contributed by atoms with Gasteiger partial charge < -0.3 is 11.1 Å². The van der Waals surface area contributed by atoms with Crippen LogP contribution < -0.4 is 16.4 Å². The molecule has 1 aromatic rings. The fraction of sp³-hybridized carbons (Fsp3) is 0.222. The van der Waals surface area contributed by atoms with Crippen LogP contribution in [0.15, 0.2) is 16.7 Å². The zero-order valence-electron chi connectivity index (χ0n) is 8.58. The standard InChI is InChI=1S/C9H11BrN4O2/c1-2-12-9(16)14-7-3-5(8(11)15)6(10)4-13-7/h3-4H,2H2,1H3,(H2,11,15)(H2,12,13,14,16). The third kappa shape index (κ3) is 3.20. The van der Waals surface area contributed by atoms with Gasteiger partial charge in [0, 0.05) is 17.2 Å². The number of carbonyl (C=O) groups excluding carboxylic acids is 2. The molecule has 0 unspecified atom stereocenters. The lowest BCUT2D eigenvalue weighted by Gasteiger charge is -2.06. The number of halogens is 1. The van der Waals surface area contributed by atoms with E-state index in [4.69, 9.17) is 5.73 Å². The molecule has 0 fully saturated rings. The number of nitrogens with one attached hydrogen (secondary N) is 2. The second-order valence-electron chi connectivity index (χ2n) is 2.90. The van der Waals surface area contributed by atoms with Gasteiger partial charge in [-0.05, 0) is 28.9 Å². The van der Waals surface area contributed by atoms with Crippen LogP contribution in [0.2, 0.25) is 0 Å². The second-order valence-corrected chi connectivity index (χ2v) is 3.75. The number of nitrogens with two attached hydrogens (primary N) is 1. The van der Waals surface area contributed by atoms with Gasteiger partial charge in [0.05, 0.1) is 5.56 Å². The van der Waals surface area contributed by atoms with Gasteiger partial charge in [-0.2, -0.15) is 0 Å². The largest absolute Gasteiger partial charge is 0.366 e. The summed E-state index contributed by atoms with van der Waals surface area (Å²) in [6, 6.07) is 1.02. The first kappa shape index (κ1) is 12.4. The quantitative estimate of drug-likeness (QED) is 0.776. The van der Waals surface area contributed by atoms with Crippen molar-refractivity contribution in [3.05, 3.63) is 22.3 Å². The predicted octanol–water partition coefficient (Wildman–Crippen LogP) is 1.08.